The number of hydrogen-bond donors (Lipinski definition) is 0. The van der Waals surface area contributed by atoms with E-state index in [1.54, 1.807) is 13.3 Å². The molecule has 0 fully saturated rings. The summed E-state index contributed by atoms with van der Waals surface area (Å²) in [6, 6.07) is 13.1. The molecule has 0 aliphatic heterocycles. The monoisotopic (exact) mass is 281 g/mol. The van der Waals surface area contributed by atoms with Crippen LogP contribution in [0.3, 0.4) is 0 Å². The van der Waals surface area contributed by atoms with Gasteiger partial charge >= 0.3 is 0 Å². The molecule has 1 heterocycles. The van der Waals surface area contributed by atoms with Crippen molar-refractivity contribution in [1.29, 1.82) is 0 Å². The smallest absolute Gasteiger partial charge is 0.152 e. The molecule has 1 aromatic heterocycles. The van der Waals surface area contributed by atoms with E-state index in [0.717, 1.165) is 22.9 Å². The van der Waals surface area contributed by atoms with Crippen molar-refractivity contribution in [3.05, 3.63) is 54.2 Å². The molecule has 0 saturated carbocycles. The zero-order valence-corrected chi connectivity index (χ0v) is 11.9. The van der Waals surface area contributed by atoms with Gasteiger partial charge in [-0.25, -0.2) is 0 Å². The molecule has 0 unspecified atom stereocenters. The molecule has 0 aliphatic carbocycles. The maximum absolute atomic E-state index is 11.3. The van der Waals surface area contributed by atoms with E-state index in [1.807, 2.05) is 54.1 Å². The molecule has 0 atom stereocenters. The lowest BCUT2D eigenvalue weighted by atomic mass is 10.1. The number of carbonyl (C=O) groups is 1. The Bertz CT molecular complexity index is 805. The van der Waals surface area contributed by atoms with Crippen molar-refractivity contribution in [2.24, 2.45) is 7.05 Å². The molecule has 0 radical (unpaired) electrons. The average Bonchev–Trinajstić information content (AvgIpc) is 2.85. The highest BCUT2D eigenvalue weighted by Gasteiger charge is 2.12. The Hall–Kier alpha value is -2.75. The van der Waals surface area contributed by atoms with Gasteiger partial charge in [-0.15, -0.1) is 0 Å². The molecule has 0 bridgehead atoms. The first kappa shape index (κ1) is 13.2. The predicted octanol–water partition coefficient (Wildman–Crippen LogP) is 3.79. The highest BCUT2D eigenvalue weighted by atomic mass is 16.5. The van der Waals surface area contributed by atoms with Crippen molar-refractivity contribution in [2.75, 3.05) is 7.11 Å². The highest BCUT2D eigenvalue weighted by Crippen LogP contribution is 2.33. The van der Waals surface area contributed by atoms with Crippen molar-refractivity contribution in [1.82, 2.24) is 4.57 Å². The first-order chi connectivity index (χ1) is 10.2. The van der Waals surface area contributed by atoms with Gasteiger partial charge in [0.25, 0.3) is 0 Å². The first-order valence-electron chi connectivity index (χ1n) is 6.58. The van der Waals surface area contributed by atoms with Crippen molar-refractivity contribution in [2.45, 2.75) is 0 Å². The maximum Gasteiger partial charge on any atom is 0.152 e. The largest absolute Gasteiger partial charge is 0.497 e. The molecule has 3 aromatic rings. The summed E-state index contributed by atoms with van der Waals surface area (Å²) in [6.07, 6.45) is 2.65. The van der Waals surface area contributed by atoms with Gasteiger partial charge in [0.2, 0.25) is 0 Å². The molecular formula is C17H15NO3. The molecule has 0 N–H and O–H groups in total. The van der Waals surface area contributed by atoms with Crippen LogP contribution >= 0.6 is 0 Å². The summed E-state index contributed by atoms with van der Waals surface area (Å²) in [4.78, 5) is 11.3. The average molecular weight is 281 g/mol. The summed E-state index contributed by atoms with van der Waals surface area (Å²) in [6.45, 7) is 0. The Morgan fingerprint density at radius 2 is 1.86 bits per heavy atom. The number of methoxy groups -OCH3 is 1. The lowest BCUT2D eigenvalue weighted by Crippen LogP contribution is -1.89. The number of fused-ring (bicyclic) bond motifs is 1. The topological polar surface area (TPSA) is 40.5 Å². The van der Waals surface area contributed by atoms with Crippen LogP contribution in [0.4, 0.5) is 0 Å². The van der Waals surface area contributed by atoms with Gasteiger partial charge < -0.3 is 14.0 Å². The van der Waals surface area contributed by atoms with Gasteiger partial charge in [0, 0.05) is 24.9 Å². The Labute approximate surface area is 122 Å². The zero-order valence-electron chi connectivity index (χ0n) is 11.9. The minimum atomic E-state index is 0.617. The first-order valence-corrected chi connectivity index (χ1v) is 6.58. The van der Waals surface area contributed by atoms with Gasteiger partial charge in [-0.2, -0.15) is 0 Å². The molecule has 4 heteroatoms. The third-order valence-electron chi connectivity index (χ3n) is 3.40. The molecule has 4 nitrogen and oxygen atoms in total. The van der Waals surface area contributed by atoms with Crippen molar-refractivity contribution >= 4 is 17.2 Å². The number of aldehydes is 1. The van der Waals surface area contributed by atoms with Crippen LogP contribution in [-0.2, 0) is 7.05 Å². The number of nitrogens with zero attached hydrogens (tertiary/aromatic N) is 1. The highest BCUT2D eigenvalue weighted by molar-refractivity contribution is 6.01. The van der Waals surface area contributed by atoms with Gasteiger partial charge in [0.1, 0.15) is 17.2 Å². The minimum absolute atomic E-state index is 0.617. The lowest BCUT2D eigenvalue weighted by molar-refractivity contribution is 0.112. The molecular weight excluding hydrogens is 266 g/mol. The minimum Gasteiger partial charge on any atom is -0.497 e. The molecule has 106 valence electrons. The summed E-state index contributed by atoms with van der Waals surface area (Å²) in [5.74, 6) is 2.05. The molecule has 0 saturated heterocycles. The van der Waals surface area contributed by atoms with Crippen LogP contribution in [0, 0.1) is 0 Å². The van der Waals surface area contributed by atoms with Crippen LogP contribution in [0.1, 0.15) is 10.4 Å². The van der Waals surface area contributed by atoms with Gasteiger partial charge in [0.05, 0.1) is 18.0 Å². The SMILES string of the molecule is COc1cccc(Oc2cccc3c2c(C=O)cn3C)c1. The van der Waals surface area contributed by atoms with E-state index in [0.29, 0.717) is 17.1 Å². The normalized spacial score (nSPS) is 10.6. The van der Waals surface area contributed by atoms with Crippen LogP contribution in [0.15, 0.2) is 48.7 Å². The summed E-state index contributed by atoms with van der Waals surface area (Å²) < 4.78 is 13.0. The summed E-state index contributed by atoms with van der Waals surface area (Å²) >= 11 is 0. The number of carbonyl (C=O) groups excluding carboxylic acids is 1. The standard InChI is InChI=1S/C17H15NO3/c1-18-10-12(11-19)17-15(18)7-4-8-16(17)21-14-6-3-5-13(9-14)20-2/h3-11H,1-2H3. The fourth-order valence-electron chi connectivity index (χ4n) is 2.41. The fourth-order valence-corrected chi connectivity index (χ4v) is 2.41. The zero-order chi connectivity index (χ0) is 14.8. The molecule has 3 rings (SSSR count). The molecule has 0 spiro atoms. The van der Waals surface area contributed by atoms with E-state index in [1.165, 1.54) is 0 Å². The third-order valence-corrected chi connectivity index (χ3v) is 3.40. The third kappa shape index (κ3) is 2.36. The van der Waals surface area contributed by atoms with E-state index in [4.69, 9.17) is 9.47 Å². The van der Waals surface area contributed by atoms with E-state index >= 15 is 0 Å². The van der Waals surface area contributed by atoms with Crippen LogP contribution in [-0.4, -0.2) is 18.0 Å². The van der Waals surface area contributed by atoms with Gasteiger partial charge in [-0.3, -0.25) is 4.79 Å². The van der Waals surface area contributed by atoms with Gasteiger partial charge in [0.15, 0.2) is 6.29 Å². The van der Waals surface area contributed by atoms with E-state index in [9.17, 15) is 4.79 Å². The van der Waals surface area contributed by atoms with Crippen LogP contribution < -0.4 is 9.47 Å². The molecule has 21 heavy (non-hydrogen) atoms. The molecule has 0 aliphatic rings. The van der Waals surface area contributed by atoms with Crippen LogP contribution in [0.25, 0.3) is 10.9 Å². The Kier molecular flexibility index (Phi) is 3.36. The van der Waals surface area contributed by atoms with Crippen LogP contribution in [0.5, 0.6) is 17.2 Å². The number of aryl methyl sites for hydroxylation is 1. The Morgan fingerprint density at radius 3 is 2.62 bits per heavy atom. The van der Waals surface area contributed by atoms with Crippen molar-refractivity contribution in [3.8, 4) is 17.2 Å². The number of hydrogen-bond acceptors (Lipinski definition) is 3. The van der Waals surface area contributed by atoms with Gasteiger partial charge in [-0.1, -0.05) is 12.1 Å². The molecule has 0 amide bonds. The predicted molar refractivity (Wildman–Crippen MR) is 81.4 cm³/mol. The van der Waals surface area contributed by atoms with Crippen molar-refractivity contribution in [3.63, 3.8) is 0 Å². The van der Waals surface area contributed by atoms with E-state index in [2.05, 4.69) is 0 Å². The quantitative estimate of drug-likeness (QED) is 0.683. The number of benzene rings is 2. The summed E-state index contributed by atoms with van der Waals surface area (Å²) in [5.41, 5.74) is 1.57. The lowest BCUT2D eigenvalue weighted by Gasteiger charge is -2.09. The summed E-state index contributed by atoms with van der Waals surface area (Å²) in [7, 11) is 3.52. The number of aromatic nitrogens is 1. The molecule has 2 aromatic carbocycles. The second-order valence-corrected chi connectivity index (χ2v) is 4.74. The van der Waals surface area contributed by atoms with E-state index < -0.39 is 0 Å². The summed E-state index contributed by atoms with van der Waals surface area (Å²) in [5, 5.41) is 0.817. The van der Waals surface area contributed by atoms with Crippen molar-refractivity contribution < 1.29 is 14.3 Å². The number of rotatable bonds is 4. The fraction of sp³-hybridized carbons (Fsp3) is 0.118. The van der Waals surface area contributed by atoms with Crippen LogP contribution in [0.2, 0.25) is 0 Å². The second kappa shape index (κ2) is 5.32. The Morgan fingerprint density at radius 1 is 1.10 bits per heavy atom. The Balaban J connectivity index is 2.09. The second-order valence-electron chi connectivity index (χ2n) is 4.74. The number of ether oxygens (including phenoxy) is 2. The maximum atomic E-state index is 11.3. The van der Waals surface area contributed by atoms with Gasteiger partial charge in [-0.05, 0) is 24.3 Å². The van der Waals surface area contributed by atoms with E-state index in [-0.39, 0.29) is 0 Å².